The fourth-order valence-electron chi connectivity index (χ4n) is 2.85. The molecule has 1 atom stereocenters. The van der Waals surface area contributed by atoms with Crippen molar-refractivity contribution in [3.63, 3.8) is 0 Å². The molecule has 144 valence electrons. The maximum atomic E-state index is 12.0. The van der Waals surface area contributed by atoms with Crippen molar-refractivity contribution in [3.05, 3.63) is 52.9 Å². The van der Waals surface area contributed by atoms with Crippen LogP contribution in [0.3, 0.4) is 0 Å². The van der Waals surface area contributed by atoms with E-state index in [1.54, 1.807) is 45.4 Å². The van der Waals surface area contributed by atoms with Gasteiger partial charge < -0.3 is 19.3 Å². The molecule has 6 nitrogen and oxygen atoms in total. The minimum Gasteiger partial charge on any atom is -0.493 e. The number of aliphatic carboxylic acids is 1. The second kappa shape index (κ2) is 7.79. The zero-order valence-electron chi connectivity index (χ0n) is 15.7. The molecule has 0 spiro atoms. The maximum absolute atomic E-state index is 12.0. The average molecular weight is 397 g/mol. The molecule has 0 saturated heterocycles. The Bertz CT molecular complexity index is 1010. The lowest BCUT2D eigenvalue weighted by atomic mass is 10.0. The summed E-state index contributed by atoms with van der Waals surface area (Å²) >= 11 is 1.48. The van der Waals surface area contributed by atoms with Crippen LogP contribution in [0.5, 0.6) is 17.2 Å². The zero-order chi connectivity index (χ0) is 20.3. The Morgan fingerprint density at radius 3 is 2.36 bits per heavy atom. The van der Waals surface area contributed by atoms with E-state index < -0.39 is 11.6 Å². The molecule has 0 aliphatic rings. The van der Waals surface area contributed by atoms with Crippen molar-refractivity contribution in [2.75, 3.05) is 14.2 Å². The molecule has 3 aromatic rings. The number of hydrogen-bond acceptors (Lipinski definition) is 6. The van der Waals surface area contributed by atoms with Gasteiger partial charge in [0, 0.05) is 22.1 Å². The Balaban J connectivity index is 1.90. The number of nitriles is 1. The number of hydrogen-bond donors (Lipinski definition) is 1. The first kappa shape index (κ1) is 19.5. The van der Waals surface area contributed by atoms with E-state index in [-0.39, 0.29) is 6.42 Å². The van der Waals surface area contributed by atoms with Gasteiger partial charge in [-0.15, -0.1) is 11.3 Å². The predicted octanol–water partition coefficient (Wildman–Crippen LogP) is 4.25. The summed E-state index contributed by atoms with van der Waals surface area (Å²) in [4.78, 5) is 12.8. The van der Waals surface area contributed by atoms with Crippen molar-refractivity contribution in [3.8, 4) is 23.3 Å². The summed E-state index contributed by atoms with van der Waals surface area (Å²) in [5.41, 5.74) is -0.972. The first-order valence-corrected chi connectivity index (χ1v) is 9.27. The van der Waals surface area contributed by atoms with E-state index in [4.69, 9.17) is 19.5 Å². The highest BCUT2D eigenvalue weighted by Crippen LogP contribution is 2.37. The number of benzene rings is 2. The number of ether oxygens (including phenoxy) is 3. The summed E-state index contributed by atoms with van der Waals surface area (Å²) in [6.45, 7) is 1.54. The van der Waals surface area contributed by atoms with Crippen LogP contribution in [0.1, 0.15) is 17.4 Å². The van der Waals surface area contributed by atoms with Crippen LogP contribution < -0.4 is 14.2 Å². The smallest absolute Gasteiger partial charge is 0.348 e. The van der Waals surface area contributed by atoms with E-state index in [9.17, 15) is 9.90 Å². The zero-order valence-corrected chi connectivity index (χ0v) is 16.5. The molecule has 1 heterocycles. The van der Waals surface area contributed by atoms with E-state index >= 15 is 0 Å². The van der Waals surface area contributed by atoms with Crippen molar-refractivity contribution in [2.45, 2.75) is 18.9 Å². The molecule has 3 rings (SSSR count). The Morgan fingerprint density at radius 2 is 1.79 bits per heavy atom. The van der Waals surface area contributed by atoms with Gasteiger partial charge >= 0.3 is 5.97 Å². The van der Waals surface area contributed by atoms with Gasteiger partial charge in [0.25, 0.3) is 0 Å². The molecule has 0 radical (unpaired) electrons. The topological polar surface area (TPSA) is 88.8 Å². The van der Waals surface area contributed by atoms with Crippen LogP contribution in [-0.2, 0) is 11.2 Å². The van der Waals surface area contributed by atoms with Gasteiger partial charge in [0.1, 0.15) is 5.75 Å². The molecule has 1 aromatic heterocycles. The molecule has 0 amide bonds. The van der Waals surface area contributed by atoms with Crippen LogP contribution in [0.4, 0.5) is 0 Å². The molecule has 28 heavy (non-hydrogen) atoms. The number of rotatable bonds is 7. The summed E-state index contributed by atoms with van der Waals surface area (Å²) in [6, 6.07) is 14.1. The minimum atomic E-state index is -1.46. The second-order valence-electron chi connectivity index (χ2n) is 6.41. The van der Waals surface area contributed by atoms with E-state index in [0.29, 0.717) is 22.8 Å². The van der Waals surface area contributed by atoms with Gasteiger partial charge in [-0.3, -0.25) is 0 Å². The average Bonchev–Trinajstić information content (AvgIpc) is 3.07. The minimum absolute atomic E-state index is 0.187. The Labute approximate surface area is 166 Å². The fourth-order valence-corrected chi connectivity index (χ4v) is 4.07. The molecule has 2 aromatic carbocycles. The van der Waals surface area contributed by atoms with Crippen molar-refractivity contribution >= 4 is 27.4 Å². The molecule has 1 N–H and O–H groups in total. The van der Waals surface area contributed by atoms with Gasteiger partial charge in [-0.05, 0) is 48.7 Å². The lowest BCUT2D eigenvalue weighted by Crippen LogP contribution is -2.43. The Kier molecular flexibility index (Phi) is 5.43. The van der Waals surface area contributed by atoms with E-state index in [1.807, 2.05) is 24.3 Å². The second-order valence-corrected chi connectivity index (χ2v) is 7.58. The third-order valence-electron chi connectivity index (χ3n) is 4.36. The monoisotopic (exact) mass is 397 g/mol. The van der Waals surface area contributed by atoms with Gasteiger partial charge in [-0.1, -0.05) is 0 Å². The quantitative estimate of drug-likeness (QED) is 0.641. The number of carboxylic acids is 1. The van der Waals surface area contributed by atoms with E-state index in [1.165, 1.54) is 11.3 Å². The molecule has 7 heteroatoms. The van der Waals surface area contributed by atoms with Gasteiger partial charge in [0.2, 0.25) is 5.60 Å². The SMILES string of the molecule is COc1cc2cc(CC(C)(Oc3ccc(C#N)cc3)C(=O)O)sc2cc1OC. The van der Waals surface area contributed by atoms with Gasteiger partial charge in [-0.2, -0.15) is 5.26 Å². The van der Waals surface area contributed by atoms with Crippen molar-refractivity contribution in [1.29, 1.82) is 5.26 Å². The fraction of sp³-hybridized carbons (Fsp3) is 0.238. The standard InChI is InChI=1S/C21H19NO5S/c1-21(20(23)24,27-15-6-4-13(12-22)5-7-15)11-16-8-14-9-17(25-2)18(26-3)10-19(14)28-16/h4-10H,11H2,1-3H3,(H,23,24). The van der Waals surface area contributed by atoms with Crippen LogP contribution >= 0.6 is 11.3 Å². The summed E-state index contributed by atoms with van der Waals surface area (Å²) in [5, 5.41) is 19.6. The Hall–Kier alpha value is -3.24. The highest BCUT2D eigenvalue weighted by Gasteiger charge is 2.36. The first-order chi connectivity index (χ1) is 13.4. The third-order valence-corrected chi connectivity index (χ3v) is 5.46. The van der Waals surface area contributed by atoms with Crippen molar-refractivity contribution in [2.24, 2.45) is 0 Å². The lowest BCUT2D eigenvalue weighted by Gasteiger charge is -2.26. The number of nitrogens with zero attached hydrogens (tertiary/aromatic N) is 1. The normalized spacial score (nSPS) is 12.8. The van der Waals surface area contributed by atoms with Gasteiger partial charge in [-0.25, -0.2) is 4.79 Å². The maximum Gasteiger partial charge on any atom is 0.348 e. The van der Waals surface area contributed by atoms with Gasteiger partial charge in [0.05, 0.1) is 25.9 Å². The molecule has 0 aliphatic carbocycles. The first-order valence-electron chi connectivity index (χ1n) is 8.45. The summed E-state index contributed by atoms with van der Waals surface area (Å²) in [7, 11) is 3.15. The third kappa shape index (κ3) is 3.87. The number of carbonyl (C=O) groups is 1. The number of thiophene rings is 1. The van der Waals surface area contributed by atoms with Gasteiger partial charge in [0.15, 0.2) is 11.5 Å². The highest BCUT2D eigenvalue weighted by molar-refractivity contribution is 7.19. The summed E-state index contributed by atoms with van der Waals surface area (Å²) in [6.07, 6.45) is 0.187. The number of carboxylic acid groups (broad SMARTS) is 1. The molecule has 0 saturated carbocycles. The molecular formula is C21H19NO5S. The molecule has 0 fully saturated rings. The largest absolute Gasteiger partial charge is 0.493 e. The molecule has 1 unspecified atom stereocenters. The summed E-state index contributed by atoms with van der Waals surface area (Å²) < 4.78 is 17.4. The van der Waals surface area contributed by atoms with Crippen LogP contribution in [0.25, 0.3) is 10.1 Å². The summed E-state index contributed by atoms with van der Waals surface area (Å²) in [5.74, 6) is 0.574. The Morgan fingerprint density at radius 1 is 1.14 bits per heavy atom. The highest BCUT2D eigenvalue weighted by atomic mass is 32.1. The van der Waals surface area contributed by atoms with E-state index in [0.717, 1.165) is 15.0 Å². The predicted molar refractivity (Wildman–Crippen MR) is 106 cm³/mol. The number of fused-ring (bicyclic) bond motifs is 1. The number of methoxy groups -OCH3 is 2. The van der Waals surface area contributed by atoms with Crippen molar-refractivity contribution < 1.29 is 24.1 Å². The molecule has 0 aliphatic heterocycles. The van der Waals surface area contributed by atoms with Crippen LogP contribution in [-0.4, -0.2) is 30.9 Å². The van der Waals surface area contributed by atoms with Crippen LogP contribution in [0.15, 0.2) is 42.5 Å². The molecular weight excluding hydrogens is 378 g/mol. The van der Waals surface area contributed by atoms with Crippen LogP contribution in [0.2, 0.25) is 0 Å². The van der Waals surface area contributed by atoms with E-state index in [2.05, 4.69) is 0 Å². The lowest BCUT2D eigenvalue weighted by molar-refractivity contribution is -0.153. The molecule has 0 bridgehead atoms. The van der Waals surface area contributed by atoms with Crippen molar-refractivity contribution in [1.82, 2.24) is 0 Å². The van der Waals surface area contributed by atoms with Crippen LogP contribution in [0, 0.1) is 11.3 Å².